The molecular formula is C21H23N3O4. The number of hydrogen-bond donors (Lipinski definition) is 1. The van der Waals surface area contributed by atoms with E-state index in [-0.39, 0.29) is 24.3 Å². The number of rotatable bonds is 7. The standard InChI is InChI=1S/C21H23N3O4/c1-27-18-8-9-19(28-2)16(10-18)12-22-23-20(25)14-24-13-17(11-21(24)26)15-6-4-3-5-7-15/h3-10,12,17H,11,13-14H2,1-2H3,(H,23,25)/b22-12-/t17-/m1/s1. The highest BCUT2D eigenvalue weighted by molar-refractivity contribution is 5.88. The van der Waals surface area contributed by atoms with E-state index in [9.17, 15) is 9.59 Å². The van der Waals surface area contributed by atoms with Gasteiger partial charge < -0.3 is 14.4 Å². The monoisotopic (exact) mass is 381 g/mol. The Morgan fingerprint density at radius 2 is 2.00 bits per heavy atom. The van der Waals surface area contributed by atoms with Crippen LogP contribution in [0.3, 0.4) is 0 Å². The number of carbonyl (C=O) groups is 2. The molecule has 0 radical (unpaired) electrons. The fraction of sp³-hybridized carbons (Fsp3) is 0.286. The summed E-state index contributed by atoms with van der Waals surface area (Å²) < 4.78 is 10.4. The first-order chi connectivity index (χ1) is 13.6. The highest BCUT2D eigenvalue weighted by Crippen LogP contribution is 2.27. The highest BCUT2D eigenvalue weighted by atomic mass is 16.5. The topological polar surface area (TPSA) is 80.2 Å². The van der Waals surface area contributed by atoms with Crippen LogP contribution in [0.15, 0.2) is 53.6 Å². The van der Waals surface area contributed by atoms with E-state index >= 15 is 0 Å². The molecule has 0 aliphatic carbocycles. The van der Waals surface area contributed by atoms with Crippen molar-refractivity contribution in [1.82, 2.24) is 10.3 Å². The van der Waals surface area contributed by atoms with E-state index in [0.717, 1.165) is 5.56 Å². The molecule has 2 aromatic carbocycles. The lowest BCUT2D eigenvalue weighted by Gasteiger charge is -2.15. The van der Waals surface area contributed by atoms with Crippen LogP contribution in [-0.4, -0.2) is 50.2 Å². The first kappa shape index (κ1) is 19.4. The van der Waals surface area contributed by atoms with Crippen molar-refractivity contribution < 1.29 is 19.1 Å². The Kier molecular flexibility index (Phi) is 6.26. The number of amides is 2. The quantitative estimate of drug-likeness (QED) is 0.589. The molecule has 0 saturated carbocycles. The molecule has 1 aliphatic heterocycles. The number of methoxy groups -OCH3 is 2. The number of nitrogens with one attached hydrogen (secondary N) is 1. The van der Waals surface area contributed by atoms with Gasteiger partial charge in [0.25, 0.3) is 5.91 Å². The third-order valence-electron chi connectivity index (χ3n) is 4.65. The molecule has 0 spiro atoms. The summed E-state index contributed by atoms with van der Waals surface area (Å²) in [6.45, 7) is 0.512. The zero-order chi connectivity index (χ0) is 19.9. The van der Waals surface area contributed by atoms with Crippen molar-refractivity contribution in [3.8, 4) is 11.5 Å². The summed E-state index contributed by atoms with van der Waals surface area (Å²) in [7, 11) is 3.13. The molecular weight excluding hydrogens is 358 g/mol. The second-order valence-corrected chi connectivity index (χ2v) is 6.49. The van der Waals surface area contributed by atoms with Crippen molar-refractivity contribution in [2.24, 2.45) is 5.10 Å². The minimum Gasteiger partial charge on any atom is -0.497 e. The minimum atomic E-state index is -0.347. The van der Waals surface area contributed by atoms with Gasteiger partial charge in [0.05, 0.1) is 20.4 Å². The van der Waals surface area contributed by atoms with Gasteiger partial charge in [-0.1, -0.05) is 30.3 Å². The average Bonchev–Trinajstić information content (AvgIpc) is 3.08. The summed E-state index contributed by atoms with van der Waals surface area (Å²) in [6, 6.07) is 15.2. The second-order valence-electron chi connectivity index (χ2n) is 6.49. The molecule has 0 unspecified atom stereocenters. The molecule has 7 heteroatoms. The van der Waals surface area contributed by atoms with Crippen molar-refractivity contribution >= 4 is 18.0 Å². The predicted molar refractivity (Wildman–Crippen MR) is 106 cm³/mol. The molecule has 146 valence electrons. The maximum Gasteiger partial charge on any atom is 0.259 e. The Hall–Kier alpha value is -3.35. The van der Waals surface area contributed by atoms with Crippen molar-refractivity contribution in [2.45, 2.75) is 12.3 Å². The number of ether oxygens (including phenoxy) is 2. The van der Waals surface area contributed by atoms with Gasteiger partial charge in [-0.2, -0.15) is 5.10 Å². The van der Waals surface area contributed by atoms with Crippen LogP contribution in [-0.2, 0) is 9.59 Å². The lowest BCUT2D eigenvalue weighted by molar-refractivity contribution is -0.133. The van der Waals surface area contributed by atoms with Crippen LogP contribution in [0.4, 0.5) is 0 Å². The van der Waals surface area contributed by atoms with Gasteiger partial charge >= 0.3 is 0 Å². The number of nitrogens with zero attached hydrogens (tertiary/aromatic N) is 2. The van der Waals surface area contributed by atoms with Gasteiger partial charge in [0.2, 0.25) is 5.91 Å². The molecule has 1 N–H and O–H groups in total. The SMILES string of the molecule is COc1ccc(OC)c(/C=N\NC(=O)CN2C[C@H](c3ccccc3)CC2=O)c1. The number of likely N-dealkylation sites (tertiary alicyclic amines) is 1. The van der Waals surface area contributed by atoms with E-state index in [0.29, 0.717) is 30.0 Å². The first-order valence-corrected chi connectivity index (χ1v) is 8.97. The molecule has 1 fully saturated rings. The van der Waals surface area contributed by atoms with E-state index in [4.69, 9.17) is 9.47 Å². The zero-order valence-corrected chi connectivity index (χ0v) is 15.9. The lowest BCUT2D eigenvalue weighted by atomic mass is 9.99. The summed E-state index contributed by atoms with van der Waals surface area (Å²) in [5.41, 5.74) is 4.25. The first-order valence-electron chi connectivity index (χ1n) is 8.97. The van der Waals surface area contributed by atoms with E-state index in [1.807, 2.05) is 30.3 Å². The predicted octanol–water partition coefficient (Wildman–Crippen LogP) is 2.17. The summed E-state index contributed by atoms with van der Waals surface area (Å²) in [4.78, 5) is 26.0. The normalized spacial score (nSPS) is 16.4. The highest BCUT2D eigenvalue weighted by Gasteiger charge is 2.31. The van der Waals surface area contributed by atoms with Crippen LogP contribution >= 0.6 is 0 Å². The maximum atomic E-state index is 12.2. The summed E-state index contributed by atoms with van der Waals surface area (Å²) in [5.74, 6) is 1.01. The van der Waals surface area contributed by atoms with E-state index < -0.39 is 0 Å². The molecule has 1 heterocycles. The molecule has 0 aromatic heterocycles. The Balaban J connectivity index is 1.56. The van der Waals surface area contributed by atoms with Gasteiger partial charge in [-0.05, 0) is 23.8 Å². The molecule has 2 aromatic rings. The van der Waals surface area contributed by atoms with Gasteiger partial charge in [0.15, 0.2) is 0 Å². The Morgan fingerprint density at radius 1 is 1.21 bits per heavy atom. The maximum absolute atomic E-state index is 12.2. The molecule has 1 atom stereocenters. The average molecular weight is 381 g/mol. The van der Waals surface area contributed by atoms with Crippen LogP contribution in [0.25, 0.3) is 0 Å². The molecule has 1 saturated heterocycles. The molecule has 1 aliphatic rings. The smallest absolute Gasteiger partial charge is 0.259 e. The Bertz CT molecular complexity index is 867. The van der Waals surface area contributed by atoms with Gasteiger partial charge in [-0.25, -0.2) is 5.43 Å². The summed E-state index contributed by atoms with van der Waals surface area (Å²) in [6.07, 6.45) is 1.90. The zero-order valence-electron chi connectivity index (χ0n) is 15.9. The number of hydrazone groups is 1. The second kappa shape index (κ2) is 9.03. The summed E-state index contributed by atoms with van der Waals surface area (Å²) in [5, 5.41) is 3.97. The van der Waals surface area contributed by atoms with Gasteiger partial charge in [0, 0.05) is 24.4 Å². The van der Waals surface area contributed by atoms with Crippen molar-refractivity contribution in [3.05, 3.63) is 59.7 Å². The number of hydrogen-bond acceptors (Lipinski definition) is 5. The number of benzene rings is 2. The molecule has 0 bridgehead atoms. The third kappa shape index (κ3) is 4.68. The van der Waals surface area contributed by atoms with E-state index in [2.05, 4.69) is 10.5 Å². The Labute approximate surface area is 163 Å². The van der Waals surface area contributed by atoms with Gasteiger partial charge in [0.1, 0.15) is 18.0 Å². The largest absolute Gasteiger partial charge is 0.497 e. The van der Waals surface area contributed by atoms with Crippen LogP contribution in [0, 0.1) is 0 Å². The fourth-order valence-electron chi connectivity index (χ4n) is 3.20. The van der Waals surface area contributed by atoms with Crippen LogP contribution in [0.5, 0.6) is 11.5 Å². The molecule has 7 nitrogen and oxygen atoms in total. The van der Waals surface area contributed by atoms with Crippen LogP contribution in [0.1, 0.15) is 23.5 Å². The third-order valence-corrected chi connectivity index (χ3v) is 4.65. The van der Waals surface area contributed by atoms with Gasteiger partial charge in [-0.3, -0.25) is 9.59 Å². The van der Waals surface area contributed by atoms with Crippen LogP contribution in [0.2, 0.25) is 0 Å². The van der Waals surface area contributed by atoms with Crippen LogP contribution < -0.4 is 14.9 Å². The number of carbonyl (C=O) groups excluding carboxylic acids is 2. The minimum absolute atomic E-state index is 0.0191. The van der Waals surface area contributed by atoms with Crippen molar-refractivity contribution in [2.75, 3.05) is 27.3 Å². The summed E-state index contributed by atoms with van der Waals surface area (Å²) >= 11 is 0. The van der Waals surface area contributed by atoms with E-state index in [1.54, 1.807) is 37.3 Å². The lowest BCUT2D eigenvalue weighted by Crippen LogP contribution is -2.36. The molecule has 2 amide bonds. The fourth-order valence-corrected chi connectivity index (χ4v) is 3.20. The molecule has 3 rings (SSSR count). The van der Waals surface area contributed by atoms with Crippen molar-refractivity contribution in [1.29, 1.82) is 0 Å². The van der Waals surface area contributed by atoms with E-state index in [1.165, 1.54) is 6.21 Å². The van der Waals surface area contributed by atoms with Gasteiger partial charge in [-0.15, -0.1) is 0 Å². The molecule has 28 heavy (non-hydrogen) atoms. The Morgan fingerprint density at radius 3 is 2.71 bits per heavy atom. The van der Waals surface area contributed by atoms with Crippen molar-refractivity contribution in [3.63, 3.8) is 0 Å².